The maximum atomic E-state index is 6.25. The summed E-state index contributed by atoms with van der Waals surface area (Å²) in [5, 5.41) is 6.87. The van der Waals surface area contributed by atoms with E-state index in [2.05, 4.69) is 15.1 Å². The second kappa shape index (κ2) is 6.24. The van der Waals surface area contributed by atoms with E-state index in [1.165, 1.54) is 0 Å². The van der Waals surface area contributed by atoms with Gasteiger partial charge in [-0.15, -0.1) is 11.3 Å². The summed E-state index contributed by atoms with van der Waals surface area (Å²) in [7, 11) is 0. The molecule has 2 N–H and O–H groups in total. The molecule has 0 unspecified atom stereocenters. The predicted molar refractivity (Wildman–Crippen MR) is 96.3 cm³/mol. The number of rotatable bonds is 5. The van der Waals surface area contributed by atoms with Crippen LogP contribution in [0.15, 0.2) is 34.2 Å². The molecule has 2 heterocycles. The number of thiazole rings is 1. The van der Waals surface area contributed by atoms with E-state index < -0.39 is 5.54 Å². The number of hydrogen-bond acceptors (Lipinski definition) is 7. The molecule has 0 aliphatic heterocycles. The van der Waals surface area contributed by atoms with Crippen molar-refractivity contribution in [2.45, 2.75) is 44.8 Å². The first-order valence-corrected chi connectivity index (χ1v) is 9.27. The molecule has 130 valence electrons. The monoisotopic (exact) mass is 356 g/mol. The van der Waals surface area contributed by atoms with Gasteiger partial charge in [0.05, 0.1) is 11.6 Å². The number of benzene rings is 1. The number of ether oxygens (including phenoxy) is 1. The lowest BCUT2D eigenvalue weighted by molar-refractivity contribution is 0.229. The lowest BCUT2D eigenvalue weighted by atomic mass is 9.77. The van der Waals surface area contributed by atoms with Crippen LogP contribution in [0, 0.1) is 0 Å². The topological polar surface area (TPSA) is 87.1 Å². The van der Waals surface area contributed by atoms with Gasteiger partial charge in [0, 0.05) is 10.9 Å². The Morgan fingerprint density at radius 3 is 2.60 bits per heavy atom. The third kappa shape index (κ3) is 3.17. The van der Waals surface area contributed by atoms with Gasteiger partial charge in [-0.1, -0.05) is 5.16 Å². The minimum atomic E-state index is -0.424. The summed E-state index contributed by atoms with van der Waals surface area (Å²) in [5.74, 6) is 1.86. The summed E-state index contributed by atoms with van der Waals surface area (Å²) in [6.07, 6.45) is 3.07. The fraction of sp³-hybridized carbons (Fsp3) is 0.389. The molecule has 3 aromatic rings. The van der Waals surface area contributed by atoms with Crippen molar-refractivity contribution in [3.8, 4) is 27.9 Å². The van der Waals surface area contributed by atoms with Gasteiger partial charge in [-0.2, -0.15) is 4.98 Å². The average molecular weight is 356 g/mol. The number of hydrogen-bond donors (Lipinski definition) is 1. The normalized spacial score (nSPS) is 16.0. The van der Waals surface area contributed by atoms with Crippen LogP contribution in [0.4, 0.5) is 0 Å². The summed E-state index contributed by atoms with van der Waals surface area (Å²) in [6.45, 7) is 4.02. The van der Waals surface area contributed by atoms with E-state index in [-0.39, 0.29) is 6.10 Å². The predicted octanol–water partition coefficient (Wildman–Crippen LogP) is 3.99. The maximum absolute atomic E-state index is 6.25. The molecule has 0 radical (unpaired) electrons. The second-order valence-electron chi connectivity index (χ2n) is 6.66. The van der Waals surface area contributed by atoms with Crippen molar-refractivity contribution in [3.63, 3.8) is 0 Å². The van der Waals surface area contributed by atoms with Crippen LogP contribution in [0.3, 0.4) is 0 Å². The molecule has 0 bridgehead atoms. The van der Waals surface area contributed by atoms with Crippen LogP contribution in [0.2, 0.25) is 0 Å². The van der Waals surface area contributed by atoms with Crippen LogP contribution < -0.4 is 10.5 Å². The van der Waals surface area contributed by atoms with Crippen LogP contribution in [-0.4, -0.2) is 21.2 Å². The third-order valence-electron chi connectivity index (χ3n) is 4.31. The van der Waals surface area contributed by atoms with E-state index in [9.17, 15) is 0 Å². The van der Waals surface area contributed by atoms with Crippen molar-refractivity contribution < 1.29 is 9.26 Å². The molecular formula is C18H20N4O2S. The van der Waals surface area contributed by atoms with Crippen LogP contribution in [0.25, 0.3) is 22.2 Å². The minimum absolute atomic E-state index is 0.158. The Labute approximate surface area is 150 Å². The zero-order chi connectivity index (χ0) is 17.4. The summed E-state index contributed by atoms with van der Waals surface area (Å²) in [4.78, 5) is 9.07. The van der Waals surface area contributed by atoms with Crippen molar-refractivity contribution in [1.29, 1.82) is 0 Å². The first-order valence-electron chi connectivity index (χ1n) is 8.39. The summed E-state index contributed by atoms with van der Waals surface area (Å²) in [5.41, 5.74) is 7.54. The highest BCUT2D eigenvalue weighted by molar-refractivity contribution is 7.13. The molecule has 0 atom stereocenters. The van der Waals surface area contributed by atoms with Crippen molar-refractivity contribution in [1.82, 2.24) is 15.1 Å². The van der Waals surface area contributed by atoms with E-state index in [4.69, 9.17) is 15.0 Å². The highest BCUT2D eigenvalue weighted by Crippen LogP contribution is 2.38. The first kappa shape index (κ1) is 16.2. The summed E-state index contributed by atoms with van der Waals surface area (Å²) in [6, 6.07) is 7.91. The third-order valence-corrected chi connectivity index (χ3v) is 5.20. The molecule has 7 heteroatoms. The van der Waals surface area contributed by atoms with E-state index in [0.29, 0.717) is 17.4 Å². The van der Waals surface area contributed by atoms with Gasteiger partial charge in [-0.3, -0.25) is 0 Å². The van der Waals surface area contributed by atoms with Gasteiger partial charge in [-0.25, -0.2) is 4.98 Å². The lowest BCUT2D eigenvalue weighted by Gasteiger charge is -2.34. The SMILES string of the molecule is CC(C)Oc1ccc(-c2nc(-c3nc(C4(N)CCC4)no3)cs2)cc1. The van der Waals surface area contributed by atoms with E-state index >= 15 is 0 Å². The van der Waals surface area contributed by atoms with Crippen LogP contribution in [0.1, 0.15) is 38.9 Å². The fourth-order valence-electron chi connectivity index (χ4n) is 2.76. The van der Waals surface area contributed by atoms with Gasteiger partial charge >= 0.3 is 0 Å². The zero-order valence-electron chi connectivity index (χ0n) is 14.2. The van der Waals surface area contributed by atoms with Gasteiger partial charge in [0.25, 0.3) is 5.89 Å². The fourth-order valence-corrected chi connectivity index (χ4v) is 3.56. The van der Waals surface area contributed by atoms with Gasteiger partial charge in [0.2, 0.25) is 0 Å². The van der Waals surface area contributed by atoms with Crippen molar-refractivity contribution >= 4 is 11.3 Å². The van der Waals surface area contributed by atoms with Crippen LogP contribution >= 0.6 is 11.3 Å². The largest absolute Gasteiger partial charge is 0.491 e. The maximum Gasteiger partial charge on any atom is 0.277 e. The van der Waals surface area contributed by atoms with Gasteiger partial charge in [-0.05, 0) is 57.4 Å². The van der Waals surface area contributed by atoms with E-state index in [1.807, 2.05) is 43.5 Å². The first-order chi connectivity index (χ1) is 12.0. The quantitative estimate of drug-likeness (QED) is 0.744. The highest BCUT2D eigenvalue weighted by Gasteiger charge is 2.39. The molecule has 1 fully saturated rings. The zero-order valence-corrected chi connectivity index (χ0v) is 15.0. The Bertz CT molecular complexity index is 865. The van der Waals surface area contributed by atoms with Gasteiger partial charge < -0.3 is 15.0 Å². The van der Waals surface area contributed by atoms with Crippen LogP contribution in [-0.2, 0) is 5.54 Å². The van der Waals surface area contributed by atoms with Gasteiger partial charge in [0.1, 0.15) is 16.5 Å². The summed E-state index contributed by atoms with van der Waals surface area (Å²) < 4.78 is 11.0. The van der Waals surface area contributed by atoms with Crippen molar-refractivity contribution in [2.75, 3.05) is 0 Å². The Morgan fingerprint density at radius 1 is 1.20 bits per heavy atom. The Morgan fingerprint density at radius 2 is 1.96 bits per heavy atom. The Balaban J connectivity index is 1.54. The summed E-state index contributed by atoms with van der Waals surface area (Å²) >= 11 is 1.54. The average Bonchev–Trinajstić information content (AvgIpc) is 3.22. The molecule has 6 nitrogen and oxygen atoms in total. The molecule has 25 heavy (non-hydrogen) atoms. The van der Waals surface area contributed by atoms with Crippen LogP contribution in [0.5, 0.6) is 5.75 Å². The molecule has 0 spiro atoms. The molecule has 1 aliphatic carbocycles. The smallest absolute Gasteiger partial charge is 0.277 e. The molecule has 0 amide bonds. The van der Waals surface area contributed by atoms with E-state index in [1.54, 1.807) is 11.3 Å². The molecule has 2 aromatic heterocycles. The lowest BCUT2D eigenvalue weighted by Crippen LogP contribution is -2.44. The Hall–Kier alpha value is -2.25. The standard InChI is InChI=1S/C18H20N4O2S/c1-11(2)23-13-6-4-12(5-7-13)16-20-14(10-25-16)15-21-17(22-24-15)18(19)8-3-9-18/h4-7,10-11H,3,8-9,19H2,1-2H3. The van der Waals surface area contributed by atoms with Crippen molar-refractivity contribution in [2.24, 2.45) is 5.73 Å². The number of aromatic nitrogens is 3. The van der Waals surface area contributed by atoms with Crippen molar-refractivity contribution in [3.05, 3.63) is 35.5 Å². The molecule has 1 aliphatic rings. The minimum Gasteiger partial charge on any atom is -0.491 e. The second-order valence-corrected chi connectivity index (χ2v) is 7.52. The Kier molecular flexibility index (Phi) is 4.05. The molecular weight excluding hydrogens is 336 g/mol. The molecule has 4 rings (SSSR count). The molecule has 1 saturated carbocycles. The van der Waals surface area contributed by atoms with Gasteiger partial charge in [0.15, 0.2) is 5.82 Å². The highest BCUT2D eigenvalue weighted by atomic mass is 32.1. The molecule has 0 saturated heterocycles. The molecule has 1 aromatic carbocycles. The number of nitrogens with two attached hydrogens (primary N) is 1. The van der Waals surface area contributed by atoms with E-state index in [0.717, 1.165) is 35.6 Å². The number of nitrogens with zero attached hydrogens (tertiary/aromatic N) is 3.